The van der Waals surface area contributed by atoms with Crippen molar-refractivity contribution >= 4 is 17.3 Å². The van der Waals surface area contributed by atoms with Gasteiger partial charge < -0.3 is 10.6 Å². The number of pyridine rings is 1. The lowest BCUT2D eigenvalue weighted by Crippen LogP contribution is -2.14. The Morgan fingerprint density at radius 2 is 1.81 bits per heavy atom. The number of nitrogens with one attached hydrogen (secondary N) is 2. The molecule has 0 fully saturated rings. The van der Waals surface area contributed by atoms with Gasteiger partial charge in [0.1, 0.15) is 5.69 Å². The van der Waals surface area contributed by atoms with E-state index < -0.39 is 0 Å². The van der Waals surface area contributed by atoms with E-state index >= 15 is 0 Å². The Morgan fingerprint density at radius 1 is 1.00 bits per heavy atom. The minimum atomic E-state index is -0.205. The SMILES string of the molecule is Cc1cccc(CNc2ccc(C(=O)Nc3cccc(C)c3C)nc2)c1. The summed E-state index contributed by atoms with van der Waals surface area (Å²) >= 11 is 0. The summed E-state index contributed by atoms with van der Waals surface area (Å²) in [5, 5.41) is 6.26. The van der Waals surface area contributed by atoms with Crippen molar-refractivity contribution in [3.8, 4) is 0 Å². The number of benzene rings is 2. The molecule has 132 valence electrons. The molecular formula is C22H23N3O. The third kappa shape index (κ3) is 4.28. The maximum absolute atomic E-state index is 12.4. The van der Waals surface area contributed by atoms with Crippen LogP contribution in [0.1, 0.15) is 32.7 Å². The summed E-state index contributed by atoms with van der Waals surface area (Å²) < 4.78 is 0. The van der Waals surface area contributed by atoms with E-state index in [1.165, 1.54) is 11.1 Å². The standard InChI is InChI=1S/C22H23N3O/c1-15-6-4-8-18(12-15)13-23-19-10-11-21(24-14-19)22(26)25-20-9-5-7-16(2)17(20)3/h4-12,14,23H,13H2,1-3H3,(H,25,26). The first-order chi connectivity index (χ1) is 12.5. The van der Waals surface area contributed by atoms with Crippen LogP contribution in [0.3, 0.4) is 0 Å². The number of carbonyl (C=O) groups excluding carboxylic acids is 1. The Labute approximate surface area is 154 Å². The van der Waals surface area contributed by atoms with Gasteiger partial charge in [0.25, 0.3) is 5.91 Å². The van der Waals surface area contributed by atoms with Gasteiger partial charge >= 0.3 is 0 Å². The molecule has 0 aliphatic heterocycles. The molecule has 1 heterocycles. The third-order valence-corrected chi connectivity index (χ3v) is 4.43. The molecule has 0 radical (unpaired) electrons. The van der Waals surface area contributed by atoms with Gasteiger partial charge in [0.2, 0.25) is 0 Å². The van der Waals surface area contributed by atoms with E-state index in [0.717, 1.165) is 29.0 Å². The second-order valence-corrected chi connectivity index (χ2v) is 6.48. The molecule has 1 aromatic heterocycles. The lowest BCUT2D eigenvalue weighted by atomic mass is 10.1. The molecule has 26 heavy (non-hydrogen) atoms. The number of carbonyl (C=O) groups is 1. The second kappa shape index (κ2) is 7.83. The smallest absolute Gasteiger partial charge is 0.274 e. The van der Waals surface area contributed by atoms with Gasteiger partial charge in [-0.3, -0.25) is 4.79 Å². The van der Waals surface area contributed by atoms with Gasteiger partial charge in [-0.15, -0.1) is 0 Å². The highest BCUT2D eigenvalue weighted by Gasteiger charge is 2.10. The molecule has 3 aromatic rings. The van der Waals surface area contributed by atoms with E-state index in [1.807, 2.05) is 44.2 Å². The van der Waals surface area contributed by atoms with Crippen molar-refractivity contribution < 1.29 is 4.79 Å². The van der Waals surface area contributed by atoms with Gasteiger partial charge in [0.05, 0.1) is 11.9 Å². The molecule has 0 aliphatic carbocycles. The first kappa shape index (κ1) is 17.7. The maximum atomic E-state index is 12.4. The Bertz CT molecular complexity index is 917. The van der Waals surface area contributed by atoms with E-state index in [2.05, 4.69) is 40.7 Å². The molecule has 0 saturated carbocycles. The maximum Gasteiger partial charge on any atom is 0.274 e. The minimum Gasteiger partial charge on any atom is -0.380 e. The van der Waals surface area contributed by atoms with Crippen LogP contribution in [0.5, 0.6) is 0 Å². The second-order valence-electron chi connectivity index (χ2n) is 6.48. The Hall–Kier alpha value is -3.14. The fourth-order valence-electron chi connectivity index (χ4n) is 2.73. The molecule has 0 aliphatic rings. The fraction of sp³-hybridized carbons (Fsp3) is 0.182. The van der Waals surface area contributed by atoms with Crippen LogP contribution in [0.2, 0.25) is 0 Å². The van der Waals surface area contributed by atoms with Crippen molar-refractivity contribution in [3.05, 3.63) is 88.7 Å². The van der Waals surface area contributed by atoms with E-state index in [-0.39, 0.29) is 5.91 Å². The molecular weight excluding hydrogens is 322 g/mol. The number of anilines is 2. The molecule has 4 heteroatoms. The average Bonchev–Trinajstić information content (AvgIpc) is 2.64. The molecule has 2 N–H and O–H groups in total. The molecule has 3 rings (SSSR count). The van der Waals surface area contributed by atoms with E-state index in [0.29, 0.717) is 5.69 Å². The summed E-state index contributed by atoms with van der Waals surface area (Å²) in [6.45, 7) is 6.82. The molecule has 2 aromatic carbocycles. The van der Waals surface area contributed by atoms with E-state index in [1.54, 1.807) is 12.3 Å². The van der Waals surface area contributed by atoms with E-state index in [4.69, 9.17) is 0 Å². The van der Waals surface area contributed by atoms with Gasteiger partial charge in [-0.2, -0.15) is 0 Å². The lowest BCUT2D eigenvalue weighted by Gasteiger charge is -2.11. The molecule has 0 unspecified atom stereocenters. The van der Waals surface area contributed by atoms with Crippen LogP contribution in [0.4, 0.5) is 11.4 Å². The molecule has 1 amide bonds. The van der Waals surface area contributed by atoms with Crippen LogP contribution >= 0.6 is 0 Å². The Kier molecular flexibility index (Phi) is 5.32. The predicted molar refractivity (Wildman–Crippen MR) is 107 cm³/mol. The summed E-state index contributed by atoms with van der Waals surface area (Å²) in [6.07, 6.45) is 1.69. The summed E-state index contributed by atoms with van der Waals surface area (Å²) in [4.78, 5) is 16.7. The minimum absolute atomic E-state index is 0.205. The fourth-order valence-corrected chi connectivity index (χ4v) is 2.73. The summed E-state index contributed by atoms with van der Waals surface area (Å²) in [5.74, 6) is -0.205. The monoisotopic (exact) mass is 345 g/mol. The first-order valence-corrected chi connectivity index (χ1v) is 8.66. The first-order valence-electron chi connectivity index (χ1n) is 8.66. The highest BCUT2D eigenvalue weighted by molar-refractivity contribution is 6.03. The number of hydrogen-bond donors (Lipinski definition) is 2. The number of aromatic nitrogens is 1. The molecule has 0 saturated heterocycles. The van der Waals surface area contributed by atoms with Crippen LogP contribution in [-0.4, -0.2) is 10.9 Å². The summed E-state index contributed by atoms with van der Waals surface area (Å²) in [7, 11) is 0. The predicted octanol–water partition coefficient (Wildman–Crippen LogP) is 4.87. The van der Waals surface area contributed by atoms with E-state index in [9.17, 15) is 4.79 Å². The van der Waals surface area contributed by atoms with Gasteiger partial charge in [-0.1, -0.05) is 42.0 Å². The number of aryl methyl sites for hydroxylation is 2. The van der Waals surface area contributed by atoms with Crippen molar-refractivity contribution in [2.75, 3.05) is 10.6 Å². The summed E-state index contributed by atoms with van der Waals surface area (Å²) in [6, 6.07) is 17.8. The average molecular weight is 345 g/mol. The molecule has 0 spiro atoms. The molecule has 0 bridgehead atoms. The molecule has 0 atom stereocenters. The zero-order valence-corrected chi connectivity index (χ0v) is 15.3. The van der Waals surface area contributed by atoms with Crippen LogP contribution in [0.15, 0.2) is 60.8 Å². The third-order valence-electron chi connectivity index (χ3n) is 4.43. The number of hydrogen-bond acceptors (Lipinski definition) is 3. The Balaban J connectivity index is 1.63. The lowest BCUT2D eigenvalue weighted by molar-refractivity contribution is 0.102. The van der Waals surface area contributed by atoms with Crippen LogP contribution in [-0.2, 0) is 6.54 Å². The largest absolute Gasteiger partial charge is 0.380 e. The number of amides is 1. The number of nitrogens with zero attached hydrogens (tertiary/aromatic N) is 1. The van der Waals surface area contributed by atoms with Crippen molar-refractivity contribution in [2.45, 2.75) is 27.3 Å². The van der Waals surface area contributed by atoms with Crippen molar-refractivity contribution in [2.24, 2.45) is 0 Å². The summed E-state index contributed by atoms with van der Waals surface area (Å²) in [5.41, 5.74) is 6.76. The van der Waals surface area contributed by atoms with Crippen molar-refractivity contribution in [1.29, 1.82) is 0 Å². The Morgan fingerprint density at radius 3 is 2.54 bits per heavy atom. The van der Waals surface area contributed by atoms with Crippen LogP contribution < -0.4 is 10.6 Å². The van der Waals surface area contributed by atoms with Gasteiger partial charge in [-0.25, -0.2) is 4.98 Å². The number of rotatable bonds is 5. The van der Waals surface area contributed by atoms with Crippen molar-refractivity contribution in [3.63, 3.8) is 0 Å². The zero-order valence-electron chi connectivity index (χ0n) is 15.3. The molecule has 4 nitrogen and oxygen atoms in total. The highest BCUT2D eigenvalue weighted by Crippen LogP contribution is 2.19. The topological polar surface area (TPSA) is 54.0 Å². The van der Waals surface area contributed by atoms with Crippen molar-refractivity contribution in [1.82, 2.24) is 4.98 Å². The normalized spacial score (nSPS) is 10.4. The zero-order chi connectivity index (χ0) is 18.5. The van der Waals surface area contributed by atoms with Gasteiger partial charge in [-0.05, 0) is 55.7 Å². The highest BCUT2D eigenvalue weighted by atomic mass is 16.1. The van der Waals surface area contributed by atoms with Gasteiger partial charge in [0.15, 0.2) is 0 Å². The van der Waals surface area contributed by atoms with Crippen LogP contribution in [0.25, 0.3) is 0 Å². The van der Waals surface area contributed by atoms with Crippen LogP contribution in [0, 0.1) is 20.8 Å². The van der Waals surface area contributed by atoms with Gasteiger partial charge in [0, 0.05) is 12.2 Å². The quantitative estimate of drug-likeness (QED) is 0.693.